The quantitative estimate of drug-likeness (QED) is 0.154. The molecule has 0 amide bonds. The van der Waals surface area contributed by atoms with Gasteiger partial charge in [-0.1, -0.05) is 42.5 Å². The van der Waals surface area contributed by atoms with Gasteiger partial charge < -0.3 is 49.4 Å². The van der Waals surface area contributed by atoms with Crippen LogP contribution in [0.3, 0.4) is 0 Å². The van der Waals surface area contributed by atoms with Gasteiger partial charge in [0.05, 0.1) is 30.5 Å². The number of ether oxygens (including phenoxy) is 4. The largest absolute Gasteiger partial charge is 0.481 e. The first kappa shape index (κ1) is 35.0. The summed E-state index contributed by atoms with van der Waals surface area (Å²) < 4.78 is 22.2. The van der Waals surface area contributed by atoms with Gasteiger partial charge in [0.2, 0.25) is 12.2 Å². The predicted octanol–water partition coefficient (Wildman–Crippen LogP) is 0.897. The molecule has 1 saturated heterocycles. The number of carboxylic acids is 2. The number of rotatable bonds is 12. The maximum Gasteiger partial charge on any atom is 0.353 e. The molecule has 50 heavy (non-hydrogen) atoms. The van der Waals surface area contributed by atoms with Crippen LogP contribution in [-0.2, 0) is 56.6 Å². The minimum atomic E-state index is -2.08. The minimum absolute atomic E-state index is 0.0345. The third kappa shape index (κ3) is 5.89. The van der Waals surface area contributed by atoms with E-state index in [-0.39, 0.29) is 30.4 Å². The van der Waals surface area contributed by atoms with Crippen molar-refractivity contribution in [3.63, 3.8) is 0 Å². The third-order valence-corrected chi connectivity index (χ3v) is 10.2. The van der Waals surface area contributed by atoms with Crippen molar-refractivity contribution < 1.29 is 68.5 Å². The molecule has 0 saturated carbocycles. The molecule has 2 bridgehead atoms. The lowest BCUT2D eigenvalue weighted by Crippen LogP contribution is -2.69. The van der Waals surface area contributed by atoms with E-state index in [9.17, 15) is 44.4 Å². The number of nitrogens with zero attached hydrogens (tertiary/aromatic N) is 1. The molecule has 2 aromatic rings. The van der Waals surface area contributed by atoms with Crippen LogP contribution in [0, 0.1) is 0 Å². The number of likely N-dealkylation sites (N-methyl/N-ethyl adjacent to an activating group) is 1. The lowest BCUT2D eigenvalue weighted by atomic mass is 9.52. The van der Waals surface area contributed by atoms with Crippen LogP contribution >= 0.6 is 0 Å². The third-order valence-electron chi connectivity index (χ3n) is 10.2. The van der Waals surface area contributed by atoms with Crippen molar-refractivity contribution in [3.8, 4) is 5.75 Å². The average Bonchev–Trinajstić information content (AvgIpc) is 3.42. The maximum absolute atomic E-state index is 13.3. The number of aliphatic carboxylic acids is 2. The first-order chi connectivity index (χ1) is 23.8. The molecule has 0 radical (unpaired) electrons. The van der Waals surface area contributed by atoms with E-state index in [0.717, 1.165) is 11.1 Å². The molecule has 7 atom stereocenters. The molecule has 4 aliphatic rings. The molecule has 2 aliphatic heterocycles. The minimum Gasteiger partial charge on any atom is -0.481 e. The van der Waals surface area contributed by atoms with Gasteiger partial charge in [-0.3, -0.25) is 9.59 Å². The number of hydrogen-bond donors (Lipinski definition) is 5. The lowest BCUT2D eigenvalue weighted by molar-refractivity contribution is -0.180. The number of likely N-dealkylation sites (tertiary alicyclic amines) is 1. The summed E-state index contributed by atoms with van der Waals surface area (Å²) in [6.07, 6.45) is -5.64. The number of esters is 3. The van der Waals surface area contributed by atoms with Gasteiger partial charge in [-0.2, -0.15) is 0 Å². The van der Waals surface area contributed by atoms with E-state index < -0.39 is 78.1 Å². The van der Waals surface area contributed by atoms with Gasteiger partial charge in [-0.05, 0) is 44.5 Å². The van der Waals surface area contributed by atoms with Crippen LogP contribution in [0.4, 0.5) is 0 Å². The molecule has 5 N–H and O–H groups in total. The Labute approximate surface area is 285 Å². The van der Waals surface area contributed by atoms with Crippen molar-refractivity contribution in [1.82, 2.24) is 4.90 Å². The summed E-state index contributed by atoms with van der Waals surface area (Å²) in [5, 5.41) is 51.7. The summed E-state index contributed by atoms with van der Waals surface area (Å²) in [5.74, 6) is -6.68. The Morgan fingerprint density at radius 1 is 1.02 bits per heavy atom. The number of carbonyl (C=O) groups excluding carboxylic acids is 3. The molecule has 15 heteroatoms. The highest BCUT2D eigenvalue weighted by Gasteiger charge is 2.70. The monoisotopic (exact) mass is 695 g/mol. The topological polar surface area (TPSA) is 227 Å². The average molecular weight is 696 g/mol. The van der Waals surface area contributed by atoms with Crippen LogP contribution < -0.4 is 4.74 Å². The summed E-state index contributed by atoms with van der Waals surface area (Å²) in [6, 6.07) is 10.8. The molecule has 2 aromatic carbocycles. The van der Waals surface area contributed by atoms with Crippen LogP contribution in [0.5, 0.6) is 5.75 Å². The van der Waals surface area contributed by atoms with Gasteiger partial charge in [0.1, 0.15) is 11.5 Å². The number of carbonyl (C=O) groups is 5. The van der Waals surface area contributed by atoms with E-state index in [1.54, 1.807) is 18.2 Å². The van der Waals surface area contributed by atoms with Crippen LogP contribution in [0.25, 0.3) is 0 Å². The van der Waals surface area contributed by atoms with Crippen molar-refractivity contribution in [2.45, 2.75) is 86.6 Å². The standard InChI is InChI=1S/C35H37NO14/c1-36-13-5-11-34-27-19-8-9-20(17-37)28(27)50-30(34)22(10-12-35(34,46)24(36)14-19)47-32(44)21(38)15-26(41)49-29(18-6-3-2-4-7-18)33(45)48-23(31(42)43)16-25(39)40/h2-4,6-10,21,23-24,29-30,37-38,46H,5,11-17H2,1H3,(H,39,40)(H,42,43)/t21-,23+,24+,29-,30-,34-,35+/m0/s1. The smallest absolute Gasteiger partial charge is 0.353 e. The van der Waals surface area contributed by atoms with E-state index >= 15 is 0 Å². The number of carboxylic acid groups (broad SMARTS) is 2. The number of aliphatic hydroxyl groups is 3. The fourth-order valence-corrected chi connectivity index (χ4v) is 7.91. The Morgan fingerprint density at radius 3 is 2.44 bits per heavy atom. The van der Waals surface area contributed by atoms with Crippen molar-refractivity contribution in [1.29, 1.82) is 0 Å². The van der Waals surface area contributed by atoms with Crippen LogP contribution in [0.1, 0.15) is 60.5 Å². The fourth-order valence-electron chi connectivity index (χ4n) is 7.91. The summed E-state index contributed by atoms with van der Waals surface area (Å²) in [7, 11) is 1.96. The predicted molar refractivity (Wildman–Crippen MR) is 167 cm³/mol. The van der Waals surface area contributed by atoms with Crippen molar-refractivity contribution >= 4 is 29.8 Å². The van der Waals surface area contributed by atoms with Crippen molar-refractivity contribution in [2.75, 3.05) is 13.6 Å². The van der Waals surface area contributed by atoms with E-state index in [0.29, 0.717) is 37.1 Å². The molecule has 15 nitrogen and oxygen atoms in total. The lowest BCUT2D eigenvalue weighted by Gasteiger charge is -2.56. The number of aliphatic hydroxyl groups excluding tert-OH is 2. The van der Waals surface area contributed by atoms with Gasteiger partial charge in [-0.25, -0.2) is 14.4 Å². The highest BCUT2D eigenvalue weighted by atomic mass is 16.6. The zero-order valence-corrected chi connectivity index (χ0v) is 27.0. The Bertz CT molecular complexity index is 1740. The van der Waals surface area contributed by atoms with E-state index in [1.165, 1.54) is 24.3 Å². The van der Waals surface area contributed by atoms with Crippen LogP contribution in [0.2, 0.25) is 0 Å². The first-order valence-electron chi connectivity index (χ1n) is 16.2. The van der Waals surface area contributed by atoms with Gasteiger partial charge >= 0.3 is 29.8 Å². The molecule has 266 valence electrons. The molecular formula is C35H37NO14. The maximum atomic E-state index is 13.3. The zero-order chi connectivity index (χ0) is 36.0. The highest BCUT2D eigenvalue weighted by molar-refractivity contribution is 5.87. The van der Waals surface area contributed by atoms with E-state index in [4.69, 9.17) is 24.1 Å². The van der Waals surface area contributed by atoms with Gasteiger partial charge in [0, 0.05) is 29.2 Å². The second kappa shape index (κ2) is 13.5. The molecule has 1 fully saturated rings. The normalized spacial score (nSPS) is 26.5. The van der Waals surface area contributed by atoms with Gasteiger partial charge in [0.25, 0.3) is 0 Å². The first-order valence-corrected chi connectivity index (χ1v) is 16.2. The van der Waals surface area contributed by atoms with Gasteiger partial charge in [0.15, 0.2) is 12.2 Å². The summed E-state index contributed by atoms with van der Waals surface area (Å²) in [4.78, 5) is 63.9. The molecule has 2 aliphatic carbocycles. The summed E-state index contributed by atoms with van der Waals surface area (Å²) in [5.41, 5.74) is -0.0189. The second-order valence-electron chi connectivity index (χ2n) is 13.0. The van der Waals surface area contributed by atoms with Crippen LogP contribution in [-0.4, -0.2) is 104 Å². The molecule has 0 aromatic heterocycles. The Balaban J connectivity index is 1.20. The summed E-state index contributed by atoms with van der Waals surface area (Å²) >= 11 is 0. The van der Waals surface area contributed by atoms with Crippen molar-refractivity contribution in [2.24, 2.45) is 0 Å². The molecule has 0 unspecified atom stereocenters. The highest BCUT2D eigenvalue weighted by Crippen LogP contribution is 2.64. The molecule has 6 rings (SSSR count). The molecular weight excluding hydrogens is 658 g/mol. The second-order valence-corrected chi connectivity index (χ2v) is 13.0. The molecule has 2 heterocycles. The van der Waals surface area contributed by atoms with Gasteiger partial charge in [-0.15, -0.1) is 0 Å². The Kier molecular flexibility index (Phi) is 9.43. The fraction of sp³-hybridized carbons (Fsp3) is 0.457. The zero-order valence-electron chi connectivity index (χ0n) is 27.0. The van der Waals surface area contributed by atoms with E-state index in [2.05, 4.69) is 4.90 Å². The Hall–Kier alpha value is -4.83. The number of benzene rings is 2. The molecule has 1 spiro atoms. The SMILES string of the molecule is CN1CCC[C@]23c4c5ccc(CO)c4O[C@H]2C(OC(=O)[C@@H](O)CC(=O)O[C@H](C(=O)O[C@H](CC(=O)O)C(=O)O)c2ccccc2)=CC[C@@]3(O)[C@H]1C5. The van der Waals surface area contributed by atoms with Crippen LogP contribution in [0.15, 0.2) is 54.3 Å². The summed E-state index contributed by atoms with van der Waals surface area (Å²) in [6.45, 7) is 0.391. The van der Waals surface area contributed by atoms with E-state index in [1.807, 2.05) is 13.1 Å². The Morgan fingerprint density at radius 2 is 1.76 bits per heavy atom. The number of hydrogen-bond acceptors (Lipinski definition) is 13. The van der Waals surface area contributed by atoms with Crippen molar-refractivity contribution in [3.05, 3.63) is 76.6 Å².